The van der Waals surface area contributed by atoms with Crippen molar-refractivity contribution in [3.8, 4) is 0 Å². The van der Waals surface area contributed by atoms with E-state index in [9.17, 15) is 8.42 Å². The first-order valence-corrected chi connectivity index (χ1v) is 16.1. The van der Waals surface area contributed by atoms with E-state index in [1.54, 1.807) is 24.3 Å². The molecule has 0 radical (unpaired) electrons. The molecule has 0 bridgehead atoms. The van der Waals surface area contributed by atoms with Crippen LogP contribution in [0.25, 0.3) is 0 Å². The predicted octanol–water partition coefficient (Wildman–Crippen LogP) is 4.80. The highest BCUT2D eigenvalue weighted by Gasteiger charge is 2.31. The summed E-state index contributed by atoms with van der Waals surface area (Å²) in [5.74, 6) is 0.455. The van der Waals surface area contributed by atoms with Gasteiger partial charge < -0.3 is 10.2 Å². The van der Waals surface area contributed by atoms with Gasteiger partial charge >= 0.3 is 0 Å². The van der Waals surface area contributed by atoms with Crippen molar-refractivity contribution < 1.29 is 8.42 Å². The SMILES string of the molecule is CN(C[C@H]1Cc2c(cccc2N2CCC(CS(=O)(=O)c3ccccc3)CC2)CN1)[C@H]1CCCc2cccnc21. The van der Waals surface area contributed by atoms with Gasteiger partial charge in [0.15, 0.2) is 9.84 Å². The van der Waals surface area contributed by atoms with Crippen LogP contribution in [0.4, 0.5) is 5.69 Å². The summed E-state index contributed by atoms with van der Waals surface area (Å²) in [5.41, 5.74) is 6.87. The Bertz CT molecular complexity index is 1390. The maximum absolute atomic E-state index is 12.9. The molecule has 3 aromatic rings. The van der Waals surface area contributed by atoms with Gasteiger partial charge in [-0.25, -0.2) is 8.42 Å². The summed E-state index contributed by atoms with van der Waals surface area (Å²) < 4.78 is 25.8. The van der Waals surface area contributed by atoms with Crippen molar-refractivity contribution in [3.63, 3.8) is 0 Å². The van der Waals surface area contributed by atoms with Crippen LogP contribution in [0.15, 0.2) is 71.8 Å². The molecule has 1 N–H and O–H groups in total. The van der Waals surface area contributed by atoms with Gasteiger partial charge in [-0.05, 0) is 92.4 Å². The molecule has 0 spiro atoms. The average Bonchev–Trinajstić information content (AvgIpc) is 2.97. The number of benzene rings is 2. The number of pyridine rings is 1. The van der Waals surface area contributed by atoms with Crippen LogP contribution in [-0.2, 0) is 29.2 Å². The second kappa shape index (κ2) is 11.4. The van der Waals surface area contributed by atoms with Crippen molar-refractivity contribution in [1.29, 1.82) is 0 Å². The van der Waals surface area contributed by atoms with Crippen molar-refractivity contribution in [2.24, 2.45) is 5.92 Å². The number of anilines is 1. The molecule has 2 atom stereocenters. The summed E-state index contributed by atoms with van der Waals surface area (Å²) in [6, 6.07) is 20.7. The van der Waals surface area contributed by atoms with E-state index in [1.165, 1.54) is 40.9 Å². The Morgan fingerprint density at radius 3 is 2.59 bits per heavy atom. The van der Waals surface area contributed by atoms with Gasteiger partial charge in [0.05, 0.1) is 22.4 Å². The Labute approximate surface area is 233 Å². The highest BCUT2D eigenvalue weighted by atomic mass is 32.2. The molecule has 1 aliphatic carbocycles. The number of nitrogens with zero attached hydrogens (tertiary/aromatic N) is 3. The van der Waals surface area contributed by atoms with Crippen molar-refractivity contribution in [3.05, 3.63) is 89.2 Å². The Hall–Kier alpha value is -2.74. The normalized spacial score (nSPS) is 21.9. The molecule has 39 heavy (non-hydrogen) atoms. The fourth-order valence-electron chi connectivity index (χ4n) is 6.88. The molecule has 7 heteroatoms. The summed E-state index contributed by atoms with van der Waals surface area (Å²) >= 11 is 0. The Kier molecular flexibility index (Phi) is 7.74. The fourth-order valence-corrected chi connectivity index (χ4v) is 8.60. The molecule has 1 saturated heterocycles. The third-order valence-corrected chi connectivity index (χ3v) is 10.9. The van der Waals surface area contributed by atoms with Gasteiger partial charge in [-0.15, -0.1) is 0 Å². The lowest BCUT2D eigenvalue weighted by Crippen LogP contribution is -2.46. The van der Waals surface area contributed by atoms with Gasteiger partial charge in [0.25, 0.3) is 0 Å². The number of hydrogen-bond donors (Lipinski definition) is 1. The van der Waals surface area contributed by atoms with Gasteiger partial charge in [-0.2, -0.15) is 0 Å². The highest BCUT2D eigenvalue weighted by molar-refractivity contribution is 7.91. The minimum absolute atomic E-state index is 0.209. The zero-order valence-corrected chi connectivity index (χ0v) is 23.7. The number of nitrogens with one attached hydrogen (secondary N) is 1. The molecule has 2 aromatic carbocycles. The van der Waals surface area contributed by atoms with Gasteiger partial charge in [-0.1, -0.05) is 36.4 Å². The number of aryl methyl sites for hydroxylation is 1. The minimum atomic E-state index is -3.24. The smallest absolute Gasteiger partial charge is 0.178 e. The summed E-state index contributed by atoms with van der Waals surface area (Å²) in [5, 5.41) is 3.80. The molecular weight excluding hydrogens is 504 g/mol. The van der Waals surface area contributed by atoms with E-state index >= 15 is 0 Å². The van der Waals surface area contributed by atoms with Gasteiger partial charge in [-0.3, -0.25) is 9.88 Å². The number of sulfone groups is 1. The number of likely N-dealkylation sites (N-methyl/N-ethyl adjacent to an activating group) is 1. The first kappa shape index (κ1) is 26.5. The number of piperidine rings is 1. The maximum Gasteiger partial charge on any atom is 0.178 e. The first-order valence-electron chi connectivity index (χ1n) is 14.5. The van der Waals surface area contributed by atoms with Crippen LogP contribution in [0.1, 0.15) is 54.1 Å². The van der Waals surface area contributed by atoms with Crippen molar-refractivity contribution in [2.45, 2.75) is 62.0 Å². The quantitative estimate of drug-likeness (QED) is 0.461. The topological polar surface area (TPSA) is 65.5 Å². The van der Waals surface area contributed by atoms with E-state index in [0.29, 0.717) is 17.0 Å². The Morgan fingerprint density at radius 1 is 0.974 bits per heavy atom. The Balaban J connectivity index is 1.10. The van der Waals surface area contributed by atoms with Gasteiger partial charge in [0.1, 0.15) is 0 Å². The van der Waals surface area contributed by atoms with E-state index in [4.69, 9.17) is 4.98 Å². The van der Waals surface area contributed by atoms with Gasteiger partial charge in [0.2, 0.25) is 0 Å². The molecule has 0 saturated carbocycles. The van der Waals surface area contributed by atoms with Crippen LogP contribution in [0.5, 0.6) is 0 Å². The summed E-state index contributed by atoms with van der Waals surface area (Å²) in [7, 11) is -0.983. The molecule has 0 unspecified atom stereocenters. The monoisotopic (exact) mass is 544 g/mol. The predicted molar refractivity (Wildman–Crippen MR) is 157 cm³/mol. The lowest BCUT2D eigenvalue weighted by Gasteiger charge is -2.39. The van der Waals surface area contributed by atoms with E-state index in [0.717, 1.165) is 51.9 Å². The van der Waals surface area contributed by atoms with Crippen LogP contribution in [-0.4, -0.2) is 56.8 Å². The third kappa shape index (κ3) is 5.76. The van der Waals surface area contributed by atoms with Crippen molar-refractivity contribution in [2.75, 3.05) is 37.3 Å². The Morgan fingerprint density at radius 2 is 1.77 bits per heavy atom. The largest absolute Gasteiger partial charge is 0.371 e. The standard InChI is InChI=1S/C32H40N4O2S/c1-35(31-14-5-8-25-10-7-17-33-32(25)31)22-27-20-29-26(21-34-27)9-6-13-30(29)36-18-15-24(16-19-36)23-39(37,38)28-11-3-2-4-12-28/h2-4,6-7,9-13,17,24,27,31,34H,5,8,14-16,18-23H2,1H3/t27-,31+/m1/s1. The molecule has 6 rings (SSSR count). The number of hydrogen-bond acceptors (Lipinski definition) is 6. The van der Waals surface area contributed by atoms with Crippen LogP contribution in [0.3, 0.4) is 0 Å². The summed E-state index contributed by atoms with van der Waals surface area (Å²) in [6.07, 6.45) is 8.31. The van der Waals surface area contributed by atoms with Gasteiger partial charge in [0, 0.05) is 44.1 Å². The van der Waals surface area contributed by atoms with Crippen LogP contribution in [0, 0.1) is 5.92 Å². The lowest BCUT2D eigenvalue weighted by atomic mass is 9.89. The summed E-state index contributed by atoms with van der Waals surface area (Å²) in [6.45, 7) is 3.71. The number of rotatable bonds is 7. The molecule has 0 amide bonds. The minimum Gasteiger partial charge on any atom is -0.371 e. The van der Waals surface area contributed by atoms with E-state index in [-0.39, 0.29) is 11.7 Å². The molecule has 2 aliphatic heterocycles. The molecule has 1 fully saturated rings. The zero-order valence-electron chi connectivity index (χ0n) is 22.9. The summed E-state index contributed by atoms with van der Waals surface area (Å²) in [4.78, 5) is 10.2. The van der Waals surface area contributed by atoms with Crippen molar-refractivity contribution >= 4 is 15.5 Å². The fraction of sp³-hybridized carbons (Fsp3) is 0.469. The molecule has 6 nitrogen and oxygen atoms in total. The highest BCUT2D eigenvalue weighted by Crippen LogP contribution is 2.35. The van der Waals surface area contributed by atoms with E-state index in [2.05, 4.69) is 52.5 Å². The van der Waals surface area contributed by atoms with Crippen molar-refractivity contribution in [1.82, 2.24) is 15.2 Å². The molecular formula is C32H40N4O2S. The third-order valence-electron chi connectivity index (χ3n) is 9.00. The van der Waals surface area contributed by atoms with Crippen LogP contribution >= 0.6 is 0 Å². The zero-order chi connectivity index (χ0) is 26.8. The molecule has 1 aromatic heterocycles. The average molecular weight is 545 g/mol. The number of fused-ring (bicyclic) bond motifs is 2. The second-order valence-corrected chi connectivity index (χ2v) is 13.7. The van der Waals surface area contributed by atoms with E-state index in [1.807, 2.05) is 12.3 Å². The molecule has 3 heterocycles. The number of aromatic nitrogens is 1. The second-order valence-electron chi connectivity index (χ2n) is 11.6. The molecule has 3 aliphatic rings. The lowest BCUT2D eigenvalue weighted by molar-refractivity contribution is 0.191. The van der Waals surface area contributed by atoms with E-state index < -0.39 is 9.84 Å². The van der Waals surface area contributed by atoms with Crippen LogP contribution in [0.2, 0.25) is 0 Å². The van der Waals surface area contributed by atoms with Crippen LogP contribution < -0.4 is 10.2 Å². The maximum atomic E-state index is 12.9. The molecule has 206 valence electrons. The first-order chi connectivity index (χ1) is 19.0.